The van der Waals surface area contributed by atoms with E-state index in [2.05, 4.69) is 31.1 Å². The molecule has 0 aliphatic heterocycles. The highest BCUT2D eigenvalue weighted by Crippen LogP contribution is 2.13. The maximum Gasteiger partial charge on any atom is 0.305 e. The standard InChI is InChI=1S/C22H32O4Si/c1-25-21-15-12-19(13-16-21)11-14-20(23)9-8-17-26-22(24)10-6-5-7-18-27(2,3)4/h12-13,15-16H,5-6,8-11,14,17H2,1-4H3. The Kier molecular flexibility index (Phi) is 10.5. The quantitative estimate of drug-likeness (QED) is 0.241. The van der Waals surface area contributed by atoms with Crippen LogP contribution in [-0.2, 0) is 20.7 Å². The van der Waals surface area contributed by atoms with Crippen molar-refractivity contribution >= 4 is 19.8 Å². The van der Waals surface area contributed by atoms with Gasteiger partial charge >= 0.3 is 5.97 Å². The normalized spacial score (nSPS) is 10.7. The fraction of sp³-hybridized carbons (Fsp3) is 0.545. The number of ketones is 1. The molecular formula is C22H32O4Si. The molecule has 0 spiro atoms. The van der Waals surface area contributed by atoms with Gasteiger partial charge in [-0.15, -0.1) is 11.5 Å². The lowest BCUT2D eigenvalue weighted by Crippen LogP contribution is -2.16. The molecular weight excluding hydrogens is 356 g/mol. The second-order valence-electron chi connectivity index (χ2n) is 7.62. The molecule has 0 bridgehead atoms. The molecule has 1 aromatic carbocycles. The maximum absolute atomic E-state index is 11.9. The summed E-state index contributed by atoms with van der Waals surface area (Å²) in [5.41, 5.74) is 4.40. The van der Waals surface area contributed by atoms with E-state index in [4.69, 9.17) is 9.47 Å². The van der Waals surface area contributed by atoms with E-state index in [0.29, 0.717) is 32.3 Å². The van der Waals surface area contributed by atoms with Crippen LogP contribution in [0.1, 0.15) is 44.1 Å². The molecule has 0 N–H and O–H groups in total. The molecule has 0 radical (unpaired) electrons. The Bertz CT molecular complexity index is 648. The van der Waals surface area contributed by atoms with Gasteiger partial charge in [-0.1, -0.05) is 31.8 Å². The highest BCUT2D eigenvalue weighted by Gasteiger charge is 2.08. The van der Waals surface area contributed by atoms with Crippen LogP contribution in [-0.4, -0.2) is 33.5 Å². The van der Waals surface area contributed by atoms with E-state index in [1.807, 2.05) is 24.3 Å². The summed E-state index contributed by atoms with van der Waals surface area (Å²) in [5, 5.41) is 0. The van der Waals surface area contributed by atoms with Crippen LogP contribution in [0.15, 0.2) is 24.3 Å². The Labute approximate surface area is 164 Å². The summed E-state index contributed by atoms with van der Waals surface area (Å²) in [7, 11) is 0.314. The third kappa shape index (κ3) is 12.0. The summed E-state index contributed by atoms with van der Waals surface area (Å²) in [4.78, 5) is 23.6. The van der Waals surface area contributed by atoms with E-state index in [1.54, 1.807) is 7.11 Å². The molecule has 27 heavy (non-hydrogen) atoms. The fourth-order valence-electron chi connectivity index (χ4n) is 2.38. The van der Waals surface area contributed by atoms with Gasteiger partial charge in [0.05, 0.1) is 13.7 Å². The van der Waals surface area contributed by atoms with Crippen molar-refractivity contribution in [2.24, 2.45) is 0 Å². The van der Waals surface area contributed by atoms with Gasteiger partial charge in [-0.05, 0) is 37.0 Å². The SMILES string of the molecule is COc1ccc(CCC(=O)CCCOC(=O)CCCC#C[Si](C)(C)C)cc1. The number of unbranched alkanes of at least 4 members (excludes halogenated alkanes) is 1. The van der Waals surface area contributed by atoms with Gasteiger partial charge in [0.2, 0.25) is 0 Å². The average molecular weight is 389 g/mol. The van der Waals surface area contributed by atoms with Crippen LogP contribution < -0.4 is 4.74 Å². The summed E-state index contributed by atoms with van der Waals surface area (Å²) in [6.45, 7) is 6.92. The number of esters is 1. The predicted molar refractivity (Wildman–Crippen MR) is 111 cm³/mol. The zero-order valence-corrected chi connectivity index (χ0v) is 18.1. The summed E-state index contributed by atoms with van der Waals surface area (Å²) >= 11 is 0. The number of rotatable bonds is 11. The molecule has 0 heterocycles. The number of carbonyl (C=O) groups excluding carboxylic acids is 2. The molecule has 0 aromatic heterocycles. The van der Waals surface area contributed by atoms with Crippen molar-refractivity contribution in [2.45, 2.75) is 64.6 Å². The topological polar surface area (TPSA) is 52.6 Å². The molecule has 0 amide bonds. The molecule has 5 heteroatoms. The van der Waals surface area contributed by atoms with Crippen molar-refractivity contribution in [3.05, 3.63) is 29.8 Å². The largest absolute Gasteiger partial charge is 0.497 e. The van der Waals surface area contributed by atoms with Crippen molar-refractivity contribution in [1.82, 2.24) is 0 Å². The van der Waals surface area contributed by atoms with Crippen LogP contribution in [0.25, 0.3) is 0 Å². The molecule has 0 unspecified atom stereocenters. The Hall–Kier alpha value is -2.06. The smallest absolute Gasteiger partial charge is 0.305 e. The van der Waals surface area contributed by atoms with Crippen LogP contribution in [0, 0.1) is 11.5 Å². The van der Waals surface area contributed by atoms with Gasteiger partial charge < -0.3 is 9.47 Å². The van der Waals surface area contributed by atoms with Gasteiger partial charge in [0.15, 0.2) is 0 Å². The second kappa shape index (κ2) is 12.3. The highest BCUT2D eigenvalue weighted by atomic mass is 28.3. The lowest BCUT2D eigenvalue weighted by atomic mass is 10.1. The van der Waals surface area contributed by atoms with E-state index in [9.17, 15) is 9.59 Å². The van der Waals surface area contributed by atoms with Crippen molar-refractivity contribution in [1.29, 1.82) is 0 Å². The molecule has 0 fully saturated rings. The minimum Gasteiger partial charge on any atom is -0.497 e. The average Bonchev–Trinajstić information content (AvgIpc) is 2.62. The molecule has 148 valence electrons. The van der Waals surface area contributed by atoms with Crippen LogP contribution >= 0.6 is 0 Å². The number of benzene rings is 1. The molecule has 0 saturated heterocycles. The highest BCUT2D eigenvalue weighted by molar-refractivity contribution is 6.83. The first-order valence-corrected chi connectivity index (χ1v) is 13.1. The summed E-state index contributed by atoms with van der Waals surface area (Å²) in [6, 6.07) is 7.75. The van der Waals surface area contributed by atoms with Gasteiger partial charge in [0, 0.05) is 25.7 Å². The minimum absolute atomic E-state index is 0.198. The van der Waals surface area contributed by atoms with Crippen LogP contribution in [0.5, 0.6) is 5.75 Å². The summed E-state index contributed by atoms with van der Waals surface area (Å²) in [5.74, 6) is 3.96. The zero-order chi connectivity index (χ0) is 20.1. The number of aryl methyl sites for hydroxylation is 1. The van der Waals surface area contributed by atoms with Crippen LogP contribution in [0.4, 0.5) is 0 Å². The van der Waals surface area contributed by atoms with E-state index >= 15 is 0 Å². The maximum atomic E-state index is 11.9. The zero-order valence-electron chi connectivity index (χ0n) is 17.1. The van der Waals surface area contributed by atoms with E-state index in [-0.39, 0.29) is 11.8 Å². The van der Waals surface area contributed by atoms with E-state index in [1.165, 1.54) is 0 Å². The molecule has 4 nitrogen and oxygen atoms in total. The van der Waals surface area contributed by atoms with Gasteiger partial charge in [0.25, 0.3) is 0 Å². The number of methoxy groups -OCH3 is 1. The first-order chi connectivity index (χ1) is 12.8. The number of carbonyl (C=O) groups is 2. The van der Waals surface area contributed by atoms with Gasteiger partial charge in [0.1, 0.15) is 19.6 Å². The lowest BCUT2D eigenvalue weighted by molar-refractivity contribution is -0.144. The Morgan fingerprint density at radius 1 is 1.00 bits per heavy atom. The third-order valence-electron chi connectivity index (χ3n) is 3.86. The molecule has 1 rings (SSSR count). The lowest BCUT2D eigenvalue weighted by Gasteiger charge is -2.05. The fourth-order valence-corrected chi connectivity index (χ4v) is 3.03. The number of hydrogen-bond acceptors (Lipinski definition) is 4. The Balaban J connectivity index is 2.08. The van der Waals surface area contributed by atoms with Crippen LogP contribution in [0.2, 0.25) is 19.6 Å². The predicted octanol–water partition coefficient (Wildman–Crippen LogP) is 4.57. The molecule has 0 atom stereocenters. The van der Waals surface area contributed by atoms with Crippen molar-refractivity contribution in [2.75, 3.05) is 13.7 Å². The Morgan fingerprint density at radius 3 is 2.33 bits per heavy atom. The van der Waals surface area contributed by atoms with Crippen molar-refractivity contribution in [3.63, 3.8) is 0 Å². The third-order valence-corrected chi connectivity index (χ3v) is 4.79. The monoisotopic (exact) mass is 388 g/mol. The first-order valence-electron chi connectivity index (χ1n) is 9.60. The number of ether oxygens (including phenoxy) is 2. The molecule has 0 aliphatic carbocycles. The number of hydrogen-bond donors (Lipinski definition) is 0. The van der Waals surface area contributed by atoms with Crippen LogP contribution in [0.3, 0.4) is 0 Å². The molecule has 0 saturated carbocycles. The van der Waals surface area contributed by atoms with E-state index in [0.717, 1.165) is 30.6 Å². The van der Waals surface area contributed by atoms with E-state index < -0.39 is 8.07 Å². The van der Waals surface area contributed by atoms with Crippen molar-refractivity contribution < 1.29 is 19.1 Å². The molecule has 0 aliphatic rings. The first kappa shape index (κ1) is 23.0. The Morgan fingerprint density at radius 2 is 1.70 bits per heavy atom. The van der Waals surface area contributed by atoms with Gasteiger partial charge in [-0.3, -0.25) is 9.59 Å². The summed E-state index contributed by atoms with van der Waals surface area (Å²) in [6.07, 6.45) is 4.14. The number of Topliss-reactive ketones (excluding diaryl/α,β-unsaturated/α-hetero) is 1. The van der Waals surface area contributed by atoms with Crippen molar-refractivity contribution in [3.8, 4) is 17.2 Å². The summed E-state index contributed by atoms with van der Waals surface area (Å²) < 4.78 is 10.3. The van der Waals surface area contributed by atoms with Gasteiger partial charge in [-0.2, -0.15) is 0 Å². The minimum atomic E-state index is -1.32. The molecule has 1 aromatic rings. The second-order valence-corrected chi connectivity index (χ2v) is 12.4. The van der Waals surface area contributed by atoms with Gasteiger partial charge in [-0.25, -0.2) is 0 Å².